The highest BCUT2D eigenvalue weighted by molar-refractivity contribution is 6.06. The minimum Gasteiger partial charge on any atom is -0.336 e. The van der Waals surface area contributed by atoms with Gasteiger partial charge in [-0.3, -0.25) is 9.89 Å². The summed E-state index contributed by atoms with van der Waals surface area (Å²) in [5.74, 6) is 0.0958. The number of piperazine rings is 1. The van der Waals surface area contributed by atoms with Gasteiger partial charge in [0.25, 0.3) is 5.91 Å². The fourth-order valence-corrected chi connectivity index (χ4v) is 2.19. The first-order chi connectivity index (χ1) is 8.36. The van der Waals surface area contributed by atoms with Crippen molar-refractivity contribution in [3.05, 3.63) is 30.0 Å². The number of benzene rings is 1. The van der Waals surface area contributed by atoms with Gasteiger partial charge in [-0.2, -0.15) is 5.10 Å². The predicted octanol–water partition coefficient (Wildman–Crippen LogP) is 0.608. The molecule has 1 saturated heterocycles. The summed E-state index contributed by atoms with van der Waals surface area (Å²) in [6, 6.07) is 5.68. The number of nitrogens with one attached hydrogen (secondary N) is 2. The van der Waals surface area contributed by atoms with E-state index in [1.54, 1.807) is 6.20 Å². The number of H-pyrrole nitrogens is 1. The van der Waals surface area contributed by atoms with Crippen LogP contribution in [0.3, 0.4) is 0 Å². The molecule has 2 aromatic rings. The Morgan fingerprint density at radius 1 is 1.29 bits per heavy atom. The Morgan fingerprint density at radius 2 is 2.12 bits per heavy atom. The van der Waals surface area contributed by atoms with Crippen LogP contribution in [0.25, 0.3) is 10.9 Å². The van der Waals surface area contributed by atoms with Gasteiger partial charge in [0.05, 0.1) is 17.3 Å². The number of nitrogens with zero attached hydrogens (tertiary/aromatic N) is 2. The third kappa shape index (κ3) is 1.78. The fourth-order valence-electron chi connectivity index (χ4n) is 2.19. The van der Waals surface area contributed by atoms with E-state index >= 15 is 0 Å². The normalized spacial score (nSPS) is 16.4. The number of carbonyl (C=O) groups excluding carboxylic acids is 1. The van der Waals surface area contributed by atoms with Gasteiger partial charge < -0.3 is 10.2 Å². The first kappa shape index (κ1) is 10.3. The Labute approximate surface area is 98.8 Å². The molecule has 1 aliphatic rings. The van der Waals surface area contributed by atoms with E-state index in [0.29, 0.717) is 0 Å². The third-order valence-corrected chi connectivity index (χ3v) is 3.12. The van der Waals surface area contributed by atoms with Crippen molar-refractivity contribution in [3.63, 3.8) is 0 Å². The highest BCUT2D eigenvalue weighted by atomic mass is 16.2. The Kier molecular flexibility index (Phi) is 2.53. The van der Waals surface area contributed by atoms with Crippen molar-refractivity contribution in [2.75, 3.05) is 26.2 Å². The second-order valence-electron chi connectivity index (χ2n) is 4.18. The topological polar surface area (TPSA) is 61.0 Å². The summed E-state index contributed by atoms with van der Waals surface area (Å²) in [6.07, 6.45) is 1.71. The minimum absolute atomic E-state index is 0.0958. The van der Waals surface area contributed by atoms with E-state index in [1.165, 1.54) is 0 Å². The van der Waals surface area contributed by atoms with Crippen molar-refractivity contribution < 1.29 is 4.79 Å². The van der Waals surface area contributed by atoms with Crippen LogP contribution in [0.15, 0.2) is 24.4 Å². The second kappa shape index (κ2) is 4.18. The standard InChI is InChI=1S/C12H14N4O/c17-12(16-6-4-13-5-7-16)9-2-1-3-11-10(9)8-14-15-11/h1-3,8,13H,4-7H2,(H,14,15). The van der Waals surface area contributed by atoms with Crippen molar-refractivity contribution in [1.29, 1.82) is 0 Å². The van der Waals surface area contributed by atoms with Crippen LogP contribution in [0.5, 0.6) is 0 Å². The quantitative estimate of drug-likeness (QED) is 0.754. The molecule has 0 atom stereocenters. The number of fused-ring (bicyclic) bond motifs is 1. The van der Waals surface area contributed by atoms with Crippen LogP contribution in [0.1, 0.15) is 10.4 Å². The Hall–Kier alpha value is -1.88. The zero-order valence-corrected chi connectivity index (χ0v) is 9.44. The summed E-state index contributed by atoms with van der Waals surface area (Å²) in [5.41, 5.74) is 1.64. The van der Waals surface area contributed by atoms with E-state index < -0.39 is 0 Å². The van der Waals surface area contributed by atoms with E-state index in [1.807, 2.05) is 23.1 Å². The maximum absolute atomic E-state index is 12.4. The maximum atomic E-state index is 12.4. The van der Waals surface area contributed by atoms with Crippen molar-refractivity contribution in [2.45, 2.75) is 0 Å². The fraction of sp³-hybridized carbons (Fsp3) is 0.333. The molecule has 88 valence electrons. The molecule has 1 aliphatic heterocycles. The summed E-state index contributed by atoms with van der Waals surface area (Å²) >= 11 is 0. The Morgan fingerprint density at radius 3 is 2.94 bits per heavy atom. The molecule has 0 unspecified atom stereocenters. The minimum atomic E-state index is 0.0958. The average Bonchev–Trinajstić information content (AvgIpc) is 2.87. The van der Waals surface area contributed by atoms with Crippen LogP contribution in [0.4, 0.5) is 0 Å². The molecule has 1 aromatic carbocycles. The Balaban J connectivity index is 1.97. The number of hydrogen-bond acceptors (Lipinski definition) is 3. The predicted molar refractivity (Wildman–Crippen MR) is 64.9 cm³/mol. The lowest BCUT2D eigenvalue weighted by atomic mass is 10.1. The van der Waals surface area contributed by atoms with Gasteiger partial charge in [0, 0.05) is 31.6 Å². The number of aromatic nitrogens is 2. The molecule has 0 bridgehead atoms. The monoisotopic (exact) mass is 230 g/mol. The van der Waals surface area contributed by atoms with Crippen molar-refractivity contribution in [1.82, 2.24) is 20.4 Å². The first-order valence-electron chi connectivity index (χ1n) is 5.78. The molecule has 0 saturated carbocycles. The molecule has 3 rings (SSSR count). The summed E-state index contributed by atoms with van der Waals surface area (Å²) in [4.78, 5) is 14.3. The highest BCUT2D eigenvalue weighted by Crippen LogP contribution is 2.18. The van der Waals surface area contributed by atoms with Gasteiger partial charge in [-0.05, 0) is 12.1 Å². The SMILES string of the molecule is O=C(c1cccc2[nH]ncc12)N1CCNCC1. The zero-order valence-electron chi connectivity index (χ0n) is 9.44. The molecular formula is C12H14N4O. The van der Waals surface area contributed by atoms with Gasteiger partial charge in [0.15, 0.2) is 0 Å². The first-order valence-corrected chi connectivity index (χ1v) is 5.78. The number of carbonyl (C=O) groups is 1. The van der Waals surface area contributed by atoms with Gasteiger partial charge in [-0.15, -0.1) is 0 Å². The maximum Gasteiger partial charge on any atom is 0.254 e. The van der Waals surface area contributed by atoms with Crippen LogP contribution >= 0.6 is 0 Å². The van der Waals surface area contributed by atoms with Gasteiger partial charge in [-0.25, -0.2) is 0 Å². The number of amides is 1. The molecule has 2 heterocycles. The molecule has 1 aromatic heterocycles. The largest absolute Gasteiger partial charge is 0.336 e. The van der Waals surface area contributed by atoms with Gasteiger partial charge in [0.1, 0.15) is 0 Å². The molecular weight excluding hydrogens is 216 g/mol. The molecule has 2 N–H and O–H groups in total. The third-order valence-electron chi connectivity index (χ3n) is 3.12. The molecule has 0 aliphatic carbocycles. The van der Waals surface area contributed by atoms with E-state index in [4.69, 9.17) is 0 Å². The molecule has 5 heteroatoms. The second-order valence-corrected chi connectivity index (χ2v) is 4.18. The smallest absolute Gasteiger partial charge is 0.254 e. The summed E-state index contributed by atoms with van der Waals surface area (Å²) in [6.45, 7) is 3.28. The van der Waals surface area contributed by atoms with E-state index in [2.05, 4.69) is 15.5 Å². The molecule has 0 radical (unpaired) electrons. The van der Waals surface area contributed by atoms with E-state index in [-0.39, 0.29) is 5.91 Å². The highest BCUT2D eigenvalue weighted by Gasteiger charge is 2.19. The van der Waals surface area contributed by atoms with Crippen LogP contribution in [-0.2, 0) is 0 Å². The van der Waals surface area contributed by atoms with Crippen LogP contribution in [-0.4, -0.2) is 47.2 Å². The average molecular weight is 230 g/mol. The van der Waals surface area contributed by atoms with Crippen LogP contribution < -0.4 is 5.32 Å². The lowest BCUT2D eigenvalue weighted by molar-refractivity contribution is 0.0738. The Bertz CT molecular complexity index is 542. The van der Waals surface area contributed by atoms with Gasteiger partial charge >= 0.3 is 0 Å². The van der Waals surface area contributed by atoms with Gasteiger partial charge in [-0.1, -0.05) is 6.07 Å². The van der Waals surface area contributed by atoms with E-state index in [0.717, 1.165) is 42.6 Å². The molecule has 5 nitrogen and oxygen atoms in total. The summed E-state index contributed by atoms with van der Waals surface area (Å²) < 4.78 is 0. The lowest BCUT2D eigenvalue weighted by Crippen LogP contribution is -2.46. The van der Waals surface area contributed by atoms with Crippen LogP contribution in [0, 0.1) is 0 Å². The molecule has 0 spiro atoms. The van der Waals surface area contributed by atoms with Gasteiger partial charge in [0.2, 0.25) is 0 Å². The van der Waals surface area contributed by atoms with Crippen molar-refractivity contribution in [2.24, 2.45) is 0 Å². The lowest BCUT2D eigenvalue weighted by Gasteiger charge is -2.27. The number of aromatic amines is 1. The van der Waals surface area contributed by atoms with Crippen LogP contribution in [0.2, 0.25) is 0 Å². The zero-order chi connectivity index (χ0) is 11.7. The molecule has 17 heavy (non-hydrogen) atoms. The molecule has 1 fully saturated rings. The number of hydrogen-bond donors (Lipinski definition) is 2. The number of rotatable bonds is 1. The van der Waals surface area contributed by atoms with Crippen molar-refractivity contribution >= 4 is 16.8 Å². The molecule has 1 amide bonds. The summed E-state index contributed by atoms with van der Waals surface area (Å²) in [5, 5.41) is 11.0. The van der Waals surface area contributed by atoms with Crippen molar-refractivity contribution in [3.8, 4) is 0 Å². The van der Waals surface area contributed by atoms with E-state index in [9.17, 15) is 4.79 Å². The summed E-state index contributed by atoms with van der Waals surface area (Å²) in [7, 11) is 0.